The zero-order valence-corrected chi connectivity index (χ0v) is 27.9. The predicted molar refractivity (Wildman–Crippen MR) is 177 cm³/mol. The van der Waals surface area contributed by atoms with Crippen LogP contribution in [0.5, 0.6) is 0 Å². The molecule has 0 saturated heterocycles. The summed E-state index contributed by atoms with van der Waals surface area (Å²) in [6, 6.07) is 0. The molecule has 0 aliphatic rings. The maximum atomic E-state index is 2.51. The molecule has 0 aliphatic carbocycles. The quantitative estimate of drug-likeness (QED) is 0.0752. The van der Waals surface area contributed by atoms with Crippen molar-refractivity contribution >= 4 is 0 Å². The van der Waals surface area contributed by atoms with Gasteiger partial charge in [-0.2, -0.15) is 0 Å². The van der Waals surface area contributed by atoms with Gasteiger partial charge in [-0.1, -0.05) is 227 Å². The summed E-state index contributed by atoms with van der Waals surface area (Å²) >= 11 is 0. The lowest BCUT2D eigenvalue weighted by Crippen LogP contribution is -1.96. The number of hydrogen-bond acceptors (Lipinski definition) is 0. The largest absolute Gasteiger partial charge is 0.0654 e. The standard InChI is InChI=1S/C38H78/c1-6-7-8-9-10-18-22-27-32-37(4)34-29-24-20-25-30-35-38(5)33-28-23-19-16-14-12-11-13-15-17-21-26-31-36(2)3/h36-38H,6-35H2,1-5H3. The zero-order valence-electron chi connectivity index (χ0n) is 27.9. The molecule has 0 amide bonds. The fraction of sp³-hybridized carbons (Fsp3) is 1.00. The molecule has 2 atom stereocenters. The van der Waals surface area contributed by atoms with Crippen molar-refractivity contribution in [3.8, 4) is 0 Å². The van der Waals surface area contributed by atoms with Gasteiger partial charge in [-0.05, 0) is 17.8 Å². The number of hydrogen-bond donors (Lipinski definition) is 0. The second-order valence-electron chi connectivity index (χ2n) is 14.0. The molecule has 0 heterocycles. The normalized spacial score (nSPS) is 13.4. The highest BCUT2D eigenvalue weighted by molar-refractivity contribution is 4.58. The highest BCUT2D eigenvalue weighted by Crippen LogP contribution is 2.21. The van der Waals surface area contributed by atoms with E-state index in [0.717, 1.165) is 17.8 Å². The molecule has 0 aromatic heterocycles. The molecule has 230 valence electrons. The average Bonchev–Trinajstić information content (AvgIpc) is 2.89. The molecule has 0 aromatic carbocycles. The van der Waals surface area contributed by atoms with Gasteiger partial charge in [-0.15, -0.1) is 0 Å². The third kappa shape index (κ3) is 32.2. The third-order valence-corrected chi connectivity index (χ3v) is 9.17. The van der Waals surface area contributed by atoms with Crippen LogP contribution in [0.4, 0.5) is 0 Å². The van der Waals surface area contributed by atoms with Crippen molar-refractivity contribution < 1.29 is 0 Å². The molecule has 0 aromatic rings. The van der Waals surface area contributed by atoms with Crippen LogP contribution in [0, 0.1) is 17.8 Å². The maximum absolute atomic E-state index is 2.51. The van der Waals surface area contributed by atoms with Gasteiger partial charge in [0.25, 0.3) is 0 Å². The molecule has 0 aliphatic heterocycles. The predicted octanol–water partition coefficient (Wildman–Crippen LogP) is 14.6. The monoisotopic (exact) mass is 535 g/mol. The summed E-state index contributed by atoms with van der Waals surface area (Å²) in [6.45, 7) is 12.0. The Morgan fingerprint density at radius 3 is 0.711 bits per heavy atom. The van der Waals surface area contributed by atoms with Gasteiger partial charge >= 0.3 is 0 Å². The molecule has 0 rings (SSSR count). The molecular formula is C38H78. The molecule has 38 heavy (non-hydrogen) atoms. The van der Waals surface area contributed by atoms with E-state index in [9.17, 15) is 0 Å². The second-order valence-corrected chi connectivity index (χ2v) is 14.0. The fourth-order valence-electron chi connectivity index (χ4n) is 6.24. The number of rotatable bonds is 32. The summed E-state index contributed by atoms with van der Waals surface area (Å²) in [5.74, 6) is 2.82. The first-order chi connectivity index (χ1) is 18.6. The van der Waals surface area contributed by atoms with E-state index in [4.69, 9.17) is 0 Å². The molecule has 0 spiro atoms. The van der Waals surface area contributed by atoms with Crippen LogP contribution >= 0.6 is 0 Å². The maximum Gasteiger partial charge on any atom is -0.0443 e. The van der Waals surface area contributed by atoms with Gasteiger partial charge in [-0.25, -0.2) is 0 Å². The average molecular weight is 535 g/mol. The molecule has 0 heteroatoms. The highest BCUT2D eigenvalue weighted by Gasteiger charge is 2.04. The molecule has 0 bridgehead atoms. The summed E-state index contributed by atoms with van der Waals surface area (Å²) in [4.78, 5) is 0. The Balaban J connectivity index is 3.24. The Bertz CT molecular complexity index is 410. The topological polar surface area (TPSA) is 0 Å². The van der Waals surface area contributed by atoms with Crippen molar-refractivity contribution in [1.82, 2.24) is 0 Å². The van der Waals surface area contributed by atoms with E-state index in [1.807, 2.05) is 0 Å². The SMILES string of the molecule is CCCCCCCCCCC(C)CCCCCCCC(C)CCCCCCCCCCCCCCC(C)C. The van der Waals surface area contributed by atoms with E-state index in [0.29, 0.717) is 0 Å². The summed E-state index contributed by atoms with van der Waals surface area (Å²) in [5, 5.41) is 0. The van der Waals surface area contributed by atoms with E-state index >= 15 is 0 Å². The Morgan fingerprint density at radius 2 is 0.474 bits per heavy atom. The van der Waals surface area contributed by atoms with Gasteiger partial charge in [-0.3, -0.25) is 0 Å². The lowest BCUT2D eigenvalue weighted by atomic mass is 9.94. The van der Waals surface area contributed by atoms with Crippen LogP contribution in [-0.4, -0.2) is 0 Å². The van der Waals surface area contributed by atoms with Crippen molar-refractivity contribution in [3.63, 3.8) is 0 Å². The van der Waals surface area contributed by atoms with E-state index in [-0.39, 0.29) is 0 Å². The van der Waals surface area contributed by atoms with Crippen molar-refractivity contribution in [2.45, 2.75) is 227 Å². The highest BCUT2D eigenvalue weighted by atomic mass is 14.1. The molecule has 0 saturated carbocycles. The van der Waals surface area contributed by atoms with Crippen LogP contribution < -0.4 is 0 Å². The first-order valence-corrected chi connectivity index (χ1v) is 18.6. The smallest absolute Gasteiger partial charge is 0.0443 e. The van der Waals surface area contributed by atoms with Gasteiger partial charge in [0, 0.05) is 0 Å². The molecule has 0 radical (unpaired) electrons. The summed E-state index contributed by atoms with van der Waals surface area (Å²) in [7, 11) is 0. The Morgan fingerprint density at radius 1 is 0.263 bits per heavy atom. The van der Waals surface area contributed by atoms with Crippen molar-refractivity contribution in [1.29, 1.82) is 0 Å². The lowest BCUT2D eigenvalue weighted by molar-refractivity contribution is 0.416. The Kier molecular flexibility index (Phi) is 31.5. The van der Waals surface area contributed by atoms with Crippen molar-refractivity contribution in [2.75, 3.05) is 0 Å². The van der Waals surface area contributed by atoms with Crippen LogP contribution in [-0.2, 0) is 0 Å². The van der Waals surface area contributed by atoms with Crippen LogP contribution in [0.1, 0.15) is 227 Å². The van der Waals surface area contributed by atoms with E-state index in [1.165, 1.54) is 193 Å². The van der Waals surface area contributed by atoms with Crippen LogP contribution in [0.2, 0.25) is 0 Å². The molecule has 0 fully saturated rings. The summed E-state index contributed by atoms with van der Waals surface area (Å²) in [5.41, 5.74) is 0. The van der Waals surface area contributed by atoms with Gasteiger partial charge < -0.3 is 0 Å². The molecule has 0 nitrogen and oxygen atoms in total. The first-order valence-electron chi connectivity index (χ1n) is 18.6. The zero-order chi connectivity index (χ0) is 27.9. The van der Waals surface area contributed by atoms with E-state index in [2.05, 4.69) is 34.6 Å². The number of unbranched alkanes of at least 4 members (excludes halogenated alkanes) is 22. The van der Waals surface area contributed by atoms with Crippen LogP contribution in [0.15, 0.2) is 0 Å². The van der Waals surface area contributed by atoms with Gasteiger partial charge in [0.15, 0.2) is 0 Å². The van der Waals surface area contributed by atoms with Crippen molar-refractivity contribution in [2.24, 2.45) is 17.8 Å². The van der Waals surface area contributed by atoms with Gasteiger partial charge in [0.1, 0.15) is 0 Å². The molecular weight excluding hydrogens is 456 g/mol. The minimum Gasteiger partial charge on any atom is -0.0654 e. The molecule has 2 unspecified atom stereocenters. The third-order valence-electron chi connectivity index (χ3n) is 9.17. The molecule has 0 N–H and O–H groups in total. The van der Waals surface area contributed by atoms with E-state index in [1.54, 1.807) is 0 Å². The van der Waals surface area contributed by atoms with Gasteiger partial charge in [0.2, 0.25) is 0 Å². The van der Waals surface area contributed by atoms with Crippen LogP contribution in [0.25, 0.3) is 0 Å². The van der Waals surface area contributed by atoms with Gasteiger partial charge in [0.05, 0.1) is 0 Å². The Labute approximate surface area is 244 Å². The summed E-state index contributed by atoms with van der Waals surface area (Å²) in [6.07, 6.45) is 44.2. The lowest BCUT2D eigenvalue weighted by Gasteiger charge is -2.12. The van der Waals surface area contributed by atoms with E-state index < -0.39 is 0 Å². The van der Waals surface area contributed by atoms with Crippen LogP contribution in [0.3, 0.4) is 0 Å². The fourth-order valence-corrected chi connectivity index (χ4v) is 6.24. The minimum atomic E-state index is 0.894. The minimum absolute atomic E-state index is 0.894. The second kappa shape index (κ2) is 31.5. The Hall–Kier alpha value is 0. The van der Waals surface area contributed by atoms with Crippen molar-refractivity contribution in [3.05, 3.63) is 0 Å². The first kappa shape index (κ1) is 38.0. The summed E-state index contributed by atoms with van der Waals surface area (Å²) < 4.78 is 0.